The van der Waals surface area contributed by atoms with Gasteiger partial charge in [-0.25, -0.2) is 4.79 Å². The van der Waals surface area contributed by atoms with Crippen molar-refractivity contribution in [3.8, 4) is 16.9 Å². The van der Waals surface area contributed by atoms with Gasteiger partial charge in [-0.15, -0.1) is 0 Å². The molecule has 2 aromatic rings. The van der Waals surface area contributed by atoms with Gasteiger partial charge in [-0.3, -0.25) is 0 Å². The predicted octanol–water partition coefficient (Wildman–Crippen LogP) is 3.70. The summed E-state index contributed by atoms with van der Waals surface area (Å²) in [6.07, 6.45) is 0. The predicted molar refractivity (Wildman–Crippen MR) is 83.4 cm³/mol. The first-order valence-electron chi connectivity index (χ1n) is 6.18. The average molecular weight is 326 g/mol. The number of carbonyl (C=O) groups is 1. The Balaban J connectivity index is 2.44. The van der Waals surface area contributed by atoms with Crippen LogP contribution in [-0.4, -0.2) is 24.2 Å². The van der Waals surface area contributed by atoms with Crippen LogP contribution >= 0.6 is 23.2 Å². The third kappa shape index (κ3) is 3.88. The largest absolute Gasteiger partial charge is 0.492 e. The van der Waals surface area contributed by atoms with Gasteiger partial charge in [-0.05, 0) is 41.5 Å². The second kappa shape index (κ2) is 6.80. The molecule has 21 heavy (non-hydrogen) atoms. The zero-order chi connectivity index (χ0) is 15.4. The standard InChI is InChI=1S/C15H13Cl2NO3/c16-11-5-10(6-12(8-11)21-4-3-18)9-1-2-14(17)13(7-9)15(19)20/h1-2,5-8H,3-4,18H2,(H,19,20). The van der Waals surface area contributed by atoms with Gasteiger partial charge in [-0.1, -0.05) is 29.3 Å². The van der Waals surface area contributed by atoms with Crippen molar-refractivity contribution in [2.75, 3.05) is 13.2 Å². The Bertz CT molecular complexity index is 674. The molecule has 0 aliphatic heterocycles. The van der Waals surface area contributed by atoms with Crippen molar-refractivity contribution >= 4 is 29.2 Å². The number of aromatic carboxylic acids is 1. The molecule has 110 valence electrons. The van der Waals surface area contributed by atoms with E-state index in [-0.39, 0.29) is 10.6 Å². The molecule has 6 heteroatoms. The van der Waals surface area contributed by atoms with Crippen LogP contribution in [0.5, 0.6) is 5.75 Å². The Labute approximate surface area is 132 Å². The Hall–Kier alpha value is -1.75. The molecule has 0 saturated carbocycles. The third-order valence-electron chi connectivity index (χ3n) is 2.79. The summed E-state index contributed by atoms with van der Waals surface area (Å²) in [6.45, 7) is 0.771. The maximum absolute atomic E-state index is 11.1. The lowest BCUT2D eigenvalue weighted by Gasteiger charge is -2.09. The van der Waals surface area contributed by atoms with Crippen LogP contribution in [0.4, 0.5) is 0 Å². The highest BCUT2D eigenvalue weighted by Gasteiger charge is 2.11. The Morgan fingerprint density at radius 3 is 2.57 bits per heavy atom. The number of hydrogen-bond donors (Lipinski definition) is 2. The maximum Gasteiger partial charge on any atom is 0.337 e. The van der Waals surface area contributed by atoms with Gasteiger partial charge in [0.2, 0.25) is 0 Å². The number of benzene rings is 2. The fourth-order valence-electron chi connectivity index (χ4n) is 1.86. The van der Waals surface area contributed by atoms with Crippen LogP contribution in [0.1, 0.15) is 10.4 Å². The molecule has 4 nitrogen and oxygen atoms in total. The van der Waals surface area contributed by atoms with E-state index in [2.05, 4.69) is 0 Å². The molecular formula is C15H13Cl2NO3. The second-order valence-electron chi connectivity index (χ2n) is 4.31. The van der Waals surface area contributed by atoms with E-state index in [9.17, 15) is 4.79 Å². The molecule has 0 bridgehead atoms. The van der Waals surface area contributed by atoms with Gasteiger partial charge in [-0.2, -0.15) is 0 Å². The fraction of sp³-hybridized carbons (Fsp3) is 0.133. The van der Waals surface area contributed by atoms with Crippen LogP contribution in [-0.2, 0) is 0 Å². The molecule has 0 radical (unpaired) electrons. The van der Waals surface area contributed by atoms with Crippen molar-refractivity contribution in [3.63, 3.8) is 0 Å². The van der Waals surface area contributed by atoms with Crippen molar-refractivity contribution in [2.24, 2.45) is 5.73 Å². The molecular weight excluding hydrogens is 313 g/mol. The fourth-order valence-corrected chi connectivity index (χ4v) is 2.28. The van der Waals surface area contributed by atoms with Crippen molar-refractivity contribution in [3.05, 3.63) is 52.0 Å². The average Bonchev–Trinajstić information content (AvgIpc) is 2.44. The topological polar surface area (TPSA) is 72.5 Å². The van der Waals surface area contributed by atoms with Crippen LogP contribution in [0, 0.1) is 0 Å². The third-order valence-corrected chi connectivity index (χ3v) is 3.34. The number of halogens is 2. The number of carboxylic acid groups (broad SMARTS) is 1. The number of carboxylic acids is 1. The van der Waals surface area contributed by atoms with E-state index in [1.165, 1.54) is 6.07 Å². The maximum atomic E-state index is 11.1. The molecule has 3 N–H and O–H groups in total. The van der Waals surface area contributed by atoms with Gasteiger partial charge >= 0.3 is 5.97 Å². The number of hydrogen-bond acceptors (Lipinski definition) is 3. The van der Waals surface area contributed by atoms with Crippen molar-refractivity contribution in [1.82, 2.24) is 0 Å². The monoisotopic (exact) mass is 325 g/mol. The molecule has 0 spiro atoms. The van der Waals surface area contributed by atoms with Crippen LogP contribution in [0.15, 0.2) is 36.4 Å². The van der Waals surface area contributed by atoms with Crippen LogP contribution in [0.25, 0.3) is 11.1 Å². The Morgan fingerprint density at radius 1 is 1.14 bits per heavy atom. The van der Waals surface area contributed by atoms with Crippen LogP contribution in [0.2, 0.25) is 10.0 Å². The molecule has 0 aliphatic rings. The highest BCUT2D eigenvalue weighted by Crippen LogP contribution is 2.30. The van der Waals surface area contributed by atoms with Gasteiger partial charge in [0, 0.05) is 11.6 Å². The lowest BCUT2D eigenvalue weighted by Crippen LogP contribution is -2.10. The highest BCUT2D eigenvalue weighted by molar-refractivity contribution is 6.33. The van der Waals surface area contributed by atoms with Crippen LogP contribution < -0.4 is 10.5 Å². The van der Waals surface area contributed by atoms with Gasteiger partial charge in [0.05, 0.1) is 10.6 Å². The molecule has 0 amide bonds. The van der Waals surface area contributed by atoms with Crippen molar-refractivity contribution in [1.29, 1.82) is 0 Å². The SMILES string of the molecule is NCCOc1cc(Cl)cc(-c2ccc(Cl)c(C(=O)O)c2)c1. The van der Waals surface area contributed by atoms with E-state index in [1.807, 2.05) is 0 Å². The van der Waals surface area contributed by atoms with Gasteiger partial charge in [0.25, 0.3) is 0 Å². The molecule has 0 atom stereocenters. The summed E-state index contributed by atoms with van der Waals surface area (Å²) in [4.78, 5) is 11.1. The summed E-state index contributed by atoms with van der Waals surface area (Å²) in [5, 5.41) is 9.79. The summed E-state index contributed by atoms with van der Waals surface area (Å²) < 4.78 is 5.45. The molecule has 2 aromatic carbocycles. The molecule has 0 aromatic heterocycles. The normalized spacial score (nSPS) is 10.4. The molecule has 0 unspecified atom stereocenters. The van der Waals surface area contributed by atoms with Gasteiger partial charge < -0.3 is 15.6 Å². The Morgan fingerprint density at radius 2 is 1.90 bits per heavy atom. The zero-order valence-corrected chi connectivity index (χ0v) is 12.5. The summed E-state index contributed by atoms with van der Waals surface area (Å²) in [5.74, 6) is -0.502. The minimum Gasteiger partial charge on any atom is -0.492 e. The number of nitrogens with two attached hydrogens (primary N) is 1. The first-order valence-corrected chi connectivity index (χ1v) is 6.93. The highest BCUT2D eigenvalue weighted by atomic mass is 35.5. The van der Waals surface area contributed by atoms with E-state index in [4.69, 9.17) is 38.8 Å². The van der Waals surface area contributed by atoms with E-state index in [0.29, 0.717) is 29.5 Å². The van der Waals surface area contributed by atoms with Crippen LogP contribution in [0.3, 0.4) is 0 Å². The molecule has 0 saturated heterocycles. The van der Waals surface area contributed by atoms with Crippen molar-refractivity contribution < 1.29 is 14.6 Å². The summed E-state index contributed by atoms with van der Waals surface area (Å²) >= 11 is 11.9. The molecule has 2 rings (SSSR count). The van der Waals surface area contributed by atoms with E-state index in [1.54, 1.807) is 30.3 Å². The van der Waals surface area contributed by atoms with E-state index in [0.717, 1.165) is 5.56 Å². The smallest absolute Gasteiger partial charge is 0.337 e. The Kier molecular flexibility index (Phi) is 5.07. The van der Waals surface area contributed by atoms with Crippen molar-refractivity contribution in [2.45, 2.75) is 0 Å². The second-order valence-corrected chi connectivity index (χ2v) is 5.16. The van der Waals surface area contributed by atoms with Gasteiger partial charge in [0.15, 0.2) is 0 Å². The lowest BCUT2D eigenvalue weighted by atomic mass is 10.0. The van der Waals surface area contributed by atoms with E-state index >= 15 is 0 Å². The first-order chi connectivity index (χ1) is 10.0. The lowest BCUT2D eigenvalue weighted by molar-refractivity contribution is 0.0697. The number of ether oxygens (including phenoxy) is 1. The minimum atomic E-state index is -1.08. The molecule has 0 heterocycles. The quantitative estimate of drug-likeness (QED) is 0.879. The molecule has 0 aliphatic carbocycles. The summed E-state index contributed by atoms with van der Waals surface area (Å²) in [5.41, 5.74) is 6.87. The minimum absolute atomic E-state index is 0.0403. The summed E-state index contributed by atoms with van der Waals surface area (Å²) in [7, 11) is 0. The first kappa shape index (κ1) is 15.6. The summed E-state index contributed by atoms with van der Waals surface area (Å²) in [6, 6.07) is 9.95. The van der Waals surface area contributed by atoms with Gasteiger partial charge in [0.1, 0.15) is 12.4 Å². The zero-order valence-electron chi connectivity index (χ0n) is 11.0. The molecule has 0 fully saturated rings. The van der Waals surface area contributed by atoms with E-state index < -0.39 is 5.97 Å². The number of rotatable bonds is 5.